The minimum Gasteiger partial charge on any atom is -0.497 e. The van der Waals surface area contributed by atoms with Gasteiger partial charge in [-0.15, -0.1) is 0 Å². The maximum atomic E-state index is 13.4. The molecule has 2 aliphatic rings. The second kappa shape index (κ2) is 11.0. The largest absolute Gasteiger partial charge is 0.497 e. The van der Waals surface area contributed by atoms with E-state index in [-0.39, 0.29) is 23.9 Å². The SMILES string of the molecule is COc1ccc(-c2ccnc3c(C(=O)NC4CCC(NC(=O)[C@H](C)O)CC4)c(C)[nH]c23)c(OCC2CC2)c1. The highest BCUT2D eigenvalue weighted by atomic mass is 16.5. The Hall–Kier alpha value is -3.59. The van der Waals surface area contributed by atoms with Crippen LogP contribution in [0.5, 0.6) is 11.5 Å². The van der Waals surface area contributed by atoms with Gasteiger partial charge in [-0.3, -0.25) is 14.6 Å². The van der Waals surface area contributed by atoms with Gasteiger partial charge in [0, 0.05) is 41.2 Å². The van der Waals surface area contributed by atoms with Crippen molar-refractivity contribution in [1.82, 2.24) is 20.6 Å². The fourth-order valence-electron chi connectivity index (χ4n) is 5.13. The number of aromatic amines is 1. The summed E-state index contributed by atoms with van der Waals surface area (Å²) < 4.78 is 11.6. The number of nitrogens with zero attached hydrogens (tertiary/aromatic N) is 1. The molecular formula is C29H36N4O5. The number of benzene rings is 1. The predicted octanol–water partition coefficient (Wildman–Crippen LogP) is 3.87. The maximum Gasteiger partial charge on any atom is 0.255 e. The first kappa shape index (κ1) is 26.0. The van der Waals surface area contributed by atoms with Crippen LogP contribution in [0.15, 0.2) is 30.5 Å². The summed E-state index contributed by atoms with van der Waals surface area (Å²) >= 11 is 0. The summed E-state index contributed by atoms with van der Waals surface area (Å²) in [6.45, 7) is 4.03. The molecule has 38 heavy (non-hydrogen) atoms. The fourth-order valence-corrected chi connectivity index (χ4v) is 5.13. The molecule has 0 aliphatic heterocycles. The van der Waals surface area contributed by atoms with Gasteiger partial charge in [0.05, 0.1) is 24.8 Å². The predicted molar refractivity (Wildman–Crippen MR) is 144 cm³/mol. The highest BCUT2D eigenvalue weighted by Gasteiger charge is 2.28. The van der Waals surface area contributed by atoms with Gasteiger partial charge in [-0.1, -0.05) is 0 Å². The number of methoxy groups -OCH3 is 1. The van der Waals surface area contributed by atoms with Gasteiger partial charge in [-0.05, 0) is 76.5 Å². The summed E-state index contributed by atoms with van der Waals surface area (Å²) in [4.78, 5) is 33.2. The number of aryl methyl sites for hydroxylation is 1. The Morgan fingerprint density at radius 3 is 2.45 bits per heavy atom. The van der Waals surface area contributed by atoms with Gasteiger partial charge < -0.3 is 30.2 Å². The molecule has 2 heterocycles. The van der Waals surface area contributed by atoms with Gasteiger partial charge in [0.25, 0.3) is 5.91 Å². The van der Waals surface area contributed by atoms with Gasteiger partial charge in [0.1, 0.15) is 23.1 Å². The van der Waals surface area contributed by atoms with E-state index >= 15 is 0 Å². The number of fused-ring (bicyclic) bond motifs is 1. The van der Waals surface area contributed by atoms with Gasteiger partial charge in [0.15, 0.2) is 0 Å². The van der Waals surface area contributed by atoms with E-state index in [1.807, 2.05) is 31.2 Å². The van der Waals surface area contributed by atoms with Crippen molar-refractivity contribution >= 4 is 22.8 Å². The Morgan fingerprint density at radius 2 is 1.79 bits per heavy atom. The first-order valence-corrected chi connectivity index (χ1v) is 13.4. The number of aliphatic hydroxyl groups is 1. The van der Waals surface area contributed by atoms with Crippen molar-refractivity contribution in [3.05, 3.63) is 41.7 Å². The minimum absolute atomic E-state index is 0.0127. The number of carbonyl (C=O) groups excluding carboxylic acids is 2. The van der Waals surface area contributed by atoms with Crippen molar-refractivity contribution in [2.45, 2.75) is 70.6 Å². The number of pyridine rings is 1. The van der Waals surface area contributed by atoms with E-state index in [2.05, 4.69) is 20.6 Å². The molecule has 4 N–H and O–H groups in total. The van der Waals surface area contributed by atoms with E-state index in [9.17, 15) is 14.7 Å². The van der Waals surface area contributed by atoms with Crippen LogP contribution in [-0.2, 0) is 4.79 Å². The molecule has 2 saturated carbocycles. The molecule has 1 atom stereocenters. The smallest absolute Gasteiger partial charge is 0.255 e. The van der Waals surface area contributed by atoms with Crippen LogP contribution in [0.4, 0.5) is 0 Å². The number of nitrogens with one attached hydrogen (secondary N) is 3. The van der Waals surface area contributed by atoms with E-state index in [1.54, 1.807) is 13.3 Å². The molecule has 2 aromatic heterocycles. The zero-order chi connectivity index (χ0) is 26.8. The number of amides is 2. The molecule has 9 heteroatoms. The number of carbonyl (C=O) groups is 2. The number of hydrogen-bond acceptors (Lipinski definition) is 6. The van der Waals surface area contributed by atoms with Crippen molar-refractivity contribution in [2.75, 3.05) is 13.7 Å². The lowest BCUT2D eigenvalue weighted by Gasteiger charge is -2.30. The fraction of sp³-hybridized carbons (Fsp3) is 0.483. The van der Waals surface area contributed by atoms with E-state index in [0.717, 1.165) is 59.5 Å². The molecule has 0 bridgehead atoms. The average molecular weight is 521 g/mol. The lowest BCUT2D eigenvalue weighted by Crippen LogP contribution is -2.46. The van der Waals surface area contributed by atoms with Crippen LogP contribution >= 0.6 is 0 Å². The quantitative estimate of drug-likeness (QED) is 0.339. The van der Waals surface area contributed by atoms with Crippen LogP contribution in [-0.4, -0.2) is 58.8 Å². The summed E-state index contributed by atoms with van der Waals surface area (Å²) in [7, 11) is 1.64. The maximum absolute atomic E-state index is 13.4. The molecule has 0 spiro atoms. The molecule has 2 amide bonds. The number of rotatable bonds is 9. The Morgan fingerprint density at radius 1 is 1.08 bits per heavy atom. The molecule has 9 nitrogen and oxygen atoms in total. The van der Waals surface area contributed by atoms with Crippen molar-refractivity contribution in [1.29, 1.82) is 0 Å². The molecule has 0 unspecified atom stereocenters. The lowest BCUT2D eigenvalue weighted by atomic mass is 9.90. The van der Waals surface area contributed by atoms with Crippen LogP contribution in [0, 0.1) is 12.8 Å². The number of H-pyrrole nitrogens is 1. The van der Waals surface area contributed by atoms with Crippen LogP contribution < -0.4 is 20.1 Å². The Balaban J connectivity index is 1.35. The molecule has 0 radical (unpaired) electrons. The van der Waals surface area contributed by atoms with Gasteiger partial charge in [-0.25, -0.2) is 0 Å². The third-order valence-corrected chi connectivity index (χ3v) is 7.54. The van der Waals surface area contributed by atoms with Gasteiger partial charge in [-0.2, -0.15) is 0 Å². The van der Waals surface area contributed by atoms with Crippen LogP contribution in [0.3, 0.4) is 0 Å². The second-order valence-electron chi connectivity index (χ2n) is 10.5. The van der Waals surface area contributed by atoms with E-state index in [0.29, 0.717) is 23.6 Å². The van der Waals surface area contributed by atoms with Crippen LogP contribution in [0.2, 0.25) is 0 Å². The molecule has 2 aliphatic carbocycles. The van der Waals surface area contributed by atoms with Gasteiger partial charge >= 0.3 is 0 Å². The number of aromatic nitrogens is 2. The zero-order valence-corrected chi connectivity index (χ0v) is 22.2. The highest BCUT2D eigenvalue weighted by Crippen LogP contribution is 2.39. The normalized spacial score (nSPS) is 20.1. The molecular weight excluding hydrogens is 484 g/mol. The summed E-state index contributed by atoms with van der Waals surface area (Å²) in [6, 6.07) is 7.78. The summed E-state index contributed by atoms with van der Waals surface area (Å²) in [5.74, 6) is 1.58. The van der Waals surface area contributed by atoms with Crippen LogP contribution in [0.25, 0.3) is 22.2 Å². The molecule has 1 aromatic carbocycles. The monoisotopic (exact) mass is 520 g/mol. The Bertz CT molecular complexity index is 1320. The number of aliphatic hydroxyl groups excluding tert-OH is 1. The summed E-state index contributed by atoms with van der Waals surface area (Å²) in [5, 5.41) is 15.5. The standard InChI is InChI=1S/C29H36N4O5/c1-16-25(29(36)33-20-8-6-19(7-9-20)32-28(35)17(2)34)27-26(31-16)23(12-13-30-27)22-11-10-21(37-3)14-24(22)38-15-18-4-5-18/h10-14,17-20,31,34H,4-9,15H2,1-3H3,(H,32,35)(H,33,36)/t17-,19?,20?/m0/s1. The van der Waals surface area contributed by atoms with E-state index < -0.39 is 6.10 Å². The molecule has 0 saturated heterocycles. The van der Waals surface area contributed by atoms with Crippen molar-refractivity contribution in [3.63, 3.8) is 0 Å². The second-order valence-corrected chi connectivity index (χ2v) is 10.5. The highest BCUT2D eigenvalue weighted by molar-refractivity contribution is 6.09. The first-order valence-electron chi connectivity index (χ1n) is 13.4. The average Bonchev–Trinajstić information content (AvgIpc) is 3.67. The van der Waals surface area contributed by atoms with Crippen LogP contribution in [0.1, 0.15) is 61.5 Å². The molecule has 202 valence electrons. The van der Waals surface area contributed by atoms with Crippen molar-refractivity contribution < 1.29 is 24.2 Å². The first-order chi connectivity index (χ1) is 18.3. The third kappa shape index (κ3) is 5.62. The Labute approximate surface area is 222 Å². The summed E-state index contributed by atoms with van der Waals surface area (Å²) in [5.41, 5.74) is 4.55. The number of ether oxygens (including phenoxy) is 2. The van der Waals surface area contributed by atoms with Crippen molar-refractivity contribution in [3.8, 4) is 22.6 Å². The molecule has 2 fully saturated rings. The minimum atomic E-state index is -1.02. The number of hydrogen-bond donors (Lipinski definition) is 4. The third-order valence-electron chi connectivity index (χ3n) is 7.54. The lowest BCUT2D eigenvalue weighted by molar-refractivity contribution is -0.129. The summed E-state index contributed by atoms with van der Waals surface area (Å²) in [6.07, 6.45) is 6.12. The molecule has 5 rings (SSSR count). The van der Waals surface area contributed by atoms with E-state index in [4.69, 9.17) is 9.47 Å². The van der Waals surface area contributed by atoms with E-state index in [1.165, 1.54) is 19.8 Å². The van der Waals surface area contributed by atoms with Crippen molar-refractivity contribution in [2.24, 2.45) is 5.92 Å². The zero-order valence-electron chi connectivity index (χ0n) is 22.2. The Kier molecular flexibility index (Phi) is 7.56. The van der Waals surface area contributed by atoms with Gasteiger partial charge in [0.2, 0.25) is 5.91 Å². The molecule has 3 aromatic rings. The topological polar surface area (TPSA) is 126 Å².